The first-order valence-electron chi connectivity index (χ1n) is 5.31. The second-order valence-electron chi connectivity index (χ2n) is 3.78. The van der Waals surface area contributed by atoms with Crippen molar-refractivity contribution in [1.82, 2.24) is 0 Å². The highest BCUT2D eigenvalue weighted by Crippen LogP contribution is 2.29. The maximum atomic E-state index is 13.7. The molecule has 106 valence electrons. The number of hydrogen-bond acceptors (Lipinski definition) is 3. The minimum atomic E-state index is -4.14. The lowest BCUT2D eigenvalue weighted by molar-refractivity contribution is 0.477. The van der Waals surface area contributed by atoms with Gasteiger partial charge < -0.3 is 5.73 Å². The van der Waals surface area contributed by atoms with Crippen LogP contribution in [0.1, 0.15) is 24.9 Å². The Morgan fingerprint density at radius 1 is 1.42 bits per heavy atom. The minimum absolute atomic E-state index is 0.271. The minimum Gasteiger partial charge on any atom is -0.324 e. The molecule has 3 N–H and O–H groups in total. The Balaban J connectivity index is 3.38. The lowest BCUT2D eigenvalue weighted by Gasteiger charge is -2.14. The van der Waals surface area contributed by atoms with Gasteiger partial charge in [-0.05, 0) is 12.5 Å². The Morgan fingerprint density at radius 2 is 2.00 bits per heavy atom. The fraction of sp³-hybridized carbons (Fsp3) is 0.273. The number of sulfonamides is 1. The fourth-order valence-electron chi connectivity index (χ4n) is 1.38. The molecule has 0 spiro atoms. The zero-order chi connectivity index (χ0) is 14.8. The van der Waals surface area contributed by atoms with E-state index in [4.69, 9.17) is 5.73 Å². The number of nitrogens with two attached hydrogens (primary N) is 1. The van der Waals surface area contributed by atoms with Gasteiger partial charge in [0.15, 0.2) is 17.5 Å². The fourth-order valence-corrected chi connectivity index (χ4v) is 1.94. The summed E-state index contributed by atoms with van der Waals surface area (Å²) in [6.07, 6.45) is 0.271. The second kappa shape index (κ2) is 5.62. The van der Waals surface area contributed by atoms with E-state index in [1.165, 1.54) is 0 Å². The van der Waals surface area contributed by atoms with Gasteiger partial charge in [-0.25, -0.2) is 21.6 Å². The molecule has 1 aromatic carbocycles. The summed E-state index contributed by atoms with van der Waals surface area (Å²) in [5, 5.41) is 0.454. The van der Waals surface area contributed by atoms with Crippen molar-refractivity contribution in [3.05, 3.63) is 41.1 Å². The molecule has 0 aliphatic carbocycles. The number of halogens is 3. The molecule has 0 aliphatic heterocycles. The Hall–Kier alpha value is -1.54. The zero-order valence-corrected chi connectivity index (χ0v) is 10.9. The van der Waals surface area contributed by atoms with Crippen molar-refractivity contribution in [3.8, 4) is 0 Å². The molecule has 1 unspecified atom stereocenters. The van der Waals surface area contributed by atoms with Crippen LogP contribution in [-0.4, -0.2) is 8.42 Å². The standard InChI is InChI=1S/C11H13F3N2O2S/c1-3-8(15)6-5-7(12)11(10(14)9(6)13)16-19(17,18)4-2/h4-5,8,16H,2-3,15H2,1H3. The van der Waals surface area contributed by atoms with Crippen LogP contribution < -0.4 is 10.5 Å². The van der Waals surface area contributed by atoms with Crippen molar-refractivity contribution in [2.75, 3.05) is 4.72 Å². The van der Waals surface area contributed by atoms with Crippen molar-refractivity contribution < 1.29 is 21.6 Å². The van der Waals surface area contributed by atoms with Crippen molar-refractivity contribution in [3.63, 3.8) is 0 Å². The first kappa shape index (κ1) is 15.5. The Bertz CT molecular complexity index is 602. The van der Waals surface area contributed by atoms with Crippen molar-refractivity contribution in [1.29, 1.82) is 0 Å². The molecule has 1 atom stereocenters. The maximum Gasteiger partial charge on any atom is 0.254 e. The van der Waals surface area contributed by atoms with Crippen molar-refractivity contribution in [2.45, 2.75) is 19.4 Å². The van der Waals surface area contributed by atoms with Gasteiger partial charge in [-0.1, -0.05) is 13.5 Å². The summed E-state index contributed by atoms with van der Waals surface area (Å²) >= 11 is 0. The molecule has 1 aromatic rings. The molecule has 0 amide bonds. The van der Waals surface area contributed by atoms with E-state index in [1.54, 1.807) is 11.6 Å². The zero-order valence-electron chi connectivity index (χ0n) is 10.1. The summed E-state index contributed by atoms with van der Waals surface area (Å²) in [4.78, 5) is 0. The van der Waals surface area contributed by atoms with Gasteiger partial charge in [0.2, 0.25) is 0 Å². The summed E-state index contributed by atoms with van der Waals surface area (Å²) in [6, 6.07) is -0.206. The van der Waals surface area contributed by atoms with Crippen LogP contribution >= 0.6 is 0 Å². The van der Waals surface area contributed by atoms with Crippen LogP contribution in [-0.2, 0) is 10.0 Å². The van der Waals surface area contributed by atoms with Crippen LogP contribution in [0.3, 0.4) is 0 Å². The Labute approximate surface area is 109 Å². The normalized spacial score (nSPS) is 13.1. The predicted octanol–water partition coefficient (Wildman–Crippen LogP) is 2.40. The highest BCUT2D eigenvalue weighted by molar-refractivity contribution is 7.95. The van der Waals surface area contributed by atoms with Crippen LogP contribution in [0.2, 0.25) is 0 Å². The molecule has 0 saturated heterocycles. The van der Waals surface area contributed by atoms with E-state index in [0.717, 1.165) is 0 Å². The smallest absolute Gasteiger partial charge is 0.254 e. The highest BCUT2D eigenvalue weighted by atomic mass is 32.2. The van der Waals surface area contributed by atoms with Crippen molar-refractivity contribution >= 4 is 15.7 Å². The average molecular weight is 294 g/mol. The van der Waals surface area contributed by atoms with Crippen LogP contribution in [0.25, 0.3) is 0 Å². The third-order valence-corrected chi connectivity index (χ3v) is 3.42. The summed E-state index contributed by atoms with van der Waals surface area (Å²) in [6.45, 7) is 4.58. The topological polar surface area (TPSA) is 72.2 Å². The van der Waals surface area contributed by atoms with Crippen LogP contribution in [0.15, 0.2) is 18.1 Å². The Morgan fingerprint density at radius 3 is 2.47 bits per heavy atom. The average Bonchev–Trinajstić information content (AvgIpc) is 2.38. The molecule has 0 aromatic heterocycles. The molecule has 0 saturated carbocycles. The van der Waals surface area contributed by atoms with E-state index in [0.29, 0.717) is 11.5 Å². The van der Waals surface area contributed by atoms with Gasteiger partial charge in [0.1, 0.15) is 5.69 Å². The summed E-state index contributed by atoms with van der Waals surface area (Å²) < 4.78 is 64.8. The number of benzene rings is 1. The van der Waals surface area contributed by atoms with E-state index >= 15 is 0 Å². The summed E-state index contributed by atoms with van der Waals surface area (Å²) in [5.41, 5.74) is 4.07. The molecule has 19 heavy (non-hydrogen) atoms. The van der Waals surface area contributed by atoms with Crippen LogP contribution in [0.5, 0.6) is 0 Å². The number of anilines is 1. The van der Waals surface area contributed by atoms with Gasteiger partial charge in [0.25, 0.3) is 10.0 Å². The first-order valence-corrected chi connectivity index (χ1v) is 6.86. The predicted molar refractivity (Wildman–Crippen MR) is 66.3 cm³/mol. The number of rotatable bonds is 5. The van der Waals surface area contributed by atoms with Gasteiger partial charge >= 0.3 is 0 Å². The summed E-state index contributed by atoms with van der Waals surface area (Å²) in [5.74, 6) is -4.26. The van der Waals surface area contributed by atoms with Crippen molar-refractivity contribution in [2.24, 2.45) is 5.73 Å². The third-order valence-electron chi connectivity index (χ3n) is 2.49. The maximum absolute atomic E-state index is 13.7. The van der Waals surface area contributed by atoms with E-state index in [2.05, 4.69) is 6.58 Å². The lowest BCUT2D eigenvalue weighted by Crippen LogP contribution is -2.16. The number of hydrogen-bond donors (Lipinski definition) is 2. The molecule has 8 heteroatoms. The van der Waals surface area contributed by atoms with Gasteiger partial charge in [0.05, 0.1) is 0 Å². The third kappa shape index (κ3) is 3.27. The van der Waals surface area contributed by atoms with Gasteiger partial charge in [0, 0.05) is 17.0 Å². The lowest BCUT2D eigenvalue weighted by atomic mass is 10.0. The van der Waals surface area contributed by atoms with Gasteiger partial charge in [-0.2, -0.15) is 0 Å². The van der Waals surface area contributed by atoms with E-state index < -0.39 is 39.2 Å². The SMILES string of the molecule is C=CS(=O)(=O)Nc1c(F)cc(C(N)CC)c(F)c1F. The summed E-state index contributed by atoms with van der Waals surface area (Å²) in [7, 11) is -4.14. The van der Waals surface area contributed by atoms with Gasteiger partial charge in [-0.15, -0.1) is 0 Å². The first-order chi connectivity index (χ1) is 8.73. The number of nitrogens with one attached hydrogen (secondary N) is 1. The monoisotopic (exact) mass is 294 g/mol. The van der Waals surface area contributed by atoms with Crippen LogP contribution in [0, 0.1) is 17.5 Å². The van der Waals surface area contributed by atoms with Gasteiger partial charge in [-0.3, -0.25) is 4.72 Å². The van der Waals surface area contributed by atoms with Crippen LogP contribution in [0.4, 0.5) is 18.9 Å². The molecule has 0 bridgehead atoms. The molecular weight excluding hydrogens is 281 g/mol. The largest absolute Gasteiger partial charge is 0.324 e. The highest BCUT2D eigenvalue weighted by Gasteiger charge is 2.23. The second-order valence-corrected chi connectivity index (χ2v) is 5.41. The molecule has 0 aliphatic rings. The Kier molecular flexibility index (Phi) is 4.59. The molecular formula is C11H13F3N2O2S. The van der Waals surface area contributed by atoms with E-state index in [-0.39, 0.29) is 12.0 Å². The molecule has 0 fully saturated rings. The molecule has 0 heterocycles. The van der Waals surface area contributed by atoms with E-state index in [1.807, 2.05) is 0 Å². The van der Waals surface area contributed by atoms with E-state index in [9.17, 15) is 21.6 Å². The molecule has 1 rings (SSSR count). The quantitative estimate of drug-likeness (QED) is 0.819. The molecule has 0 radical (unpaired) electrons. The molecule has 4 nitrogen and oxygen atoms in total.